The van der Waals surface area contributed by atoms with Crippen LogP contribution in [0.3, 0.4) is 0 Å². The van der Waals surface area contributed by atoms with E-state index in [0.29, 0.717) is 0 Å². The number of hydrogen-bond acceptors (Lipinski definition) is 7. The number of carbonyl (C=O) groups excluding carboxylic acids is 1. The average Bonchev–Trinajstić information content (AvgIpc) is 2.55. The third-order valence-electron chi connectivity index (χ3n) is 2.90. The van der Waals surface area contributed by atoms with Crippen molar-refractivity contribution in [2.24, 2.45) is 0 Å². The molecule has 8 nitrogen and oxygen atoms in total. The molecule has 0 saturated heterocycles. The largest absolute Gasteiger partial charge is 0.462 e. The zero-order valence-corrected chi connectivity index (χ0v) is 13.4. The molecule has 0 bridgehead atoms. The van der Waals surface area contributed by atoms with Crippen LogP contribution in [0.1, 0.15) is 17.3 Å². The average molecular weight is 351 g/mol. The summed E-state index contributed by atoms with van der Waals surface area (Å²) in [7, 11) is -4.35. The van der Waals surface area contributed by atoms with Crippen molar-refractivity contribution in [3.8, 4) is 5.75 Å². The van der Waals surface area contributed by atoms with E-state index in [1.807, 2.05) is 0 Å². The molecule has 0 aliphatic carbocycles. The Hall–Kier alpha value is -2.94. The van der Waals surface area contributed by atoms with Crippen LogP contribution >= 0.6 is 0 Å². The van der Waals surface area contributed by atoms with Crippen LogP contribution in [0.5, 0.6) is 5.75 Å². The van der Waals surface area contributed by atoms with E-state index < -0.39 is 32.4 Å². The SMILES string of the molecule is CCOC(=O)c1cccc(S(=O)(=O)Oc2ccccc2[N+](=O)[O-])c1. The molecule has 2 aromatic carbocycles. The molecule has 0 spiro atoms. The molecule has 0 aliphatic rings. The lowest BCUT2D eigenvalue weighted by Crippen LogP contribution is -2.12. The molecule has 0 fully saturated rings. The first kappa shape index (κ1) is 17.4. The van der Waals surface area contributed by atoms with E-state index in [9.17, 15) is 23.3 Å². The second-order valence-corrected chi connectivity index (χ2v) is 6.06. The van der Waals surface area contributed by atoms with Crippen molar-refractivity contribution >= 4 is 21.8 Å². The number of para-hydroxylation sites is 2. The molecule has 0 unspecified atom stereocenters. The Morgan fingerprint density at radius 1 is 1.17 bits per heavy atom. The predicted octanol–water partition coefficient (Wildman–Crippen LogP) is 2.54. The Balaban J connectivity index is 2.37. The summed E-state index contributed by atoms with van der Waals surface area (Å²) < 4.78 is 34.3. The van der Waals surface area contributed by atoms with Crippen molar-refractivity contribution < 1.29 is 27.1 Å². The number of esters is 1. The van der Waals surface area contributed by atoms with Crippen LogP contribution in [0.2, 0.25) is 0 Å². The van der Waals surface area contributed by atoms with Gasteiger partial charge in [0.15, 0.2) is 0 Å². The first-order chi connectivity index (χ1) is 11.3. The monoisotopic (exact) mass is 351 g/mol. The van der Waals surface area contributed by atoms with Gasteiger partial charge in [-0.2, -0.15) is 8.42 Å². The van der Waals surface area contributed by atoms with Crippen LogP contribution in [0, 0.1) is 10.1 Å². The highest BCUT2D eigenvalue weighted by molar-refractivity contribution is 7.87. The predicted molar refractivity (Wildman–Crippen MR) is 83.3 cm³/mol. The van der Waals surface area contributed by atoms with Crippen LogP contribution in [0.4, 0.5) is 5.69 Å². The van der Waals surface area contributed by atoms with Gasteiger partial charge in [0.25, 0.3) is 0 Å². The van der Waals surface area contributed by atoms with E-state index in [1.165, 1.54) is 36.4 Å². The summed E-state index contributed by atoms with van der Waals surface area (Å²) in [4.78, 5) is 21.5. The van der Waals surface area contributed by atoms with E-state index in [0.717, 1.165) is 12.1 Å². The molecule has 2 rings (SSSR count). The van der Waals surface area contributed by atoms with E-state index in [1.54, 1.807) is 6.92 Å². The van der Waals surface area contributed by atoms with E-state index in [4.69, 9.17) is 8.92 Å². The second-order valence-electron chi connectivity index (χ2n) is 4.51. The Morgan fingerprint density at radius 2 is 1.88 bits per heavy atom. The van der Waals surface area contributed by atoms with Crippen LogP contribution in [0.25, 0.3) is 0 Å². The zero-order chi connectivity index (χ0) is 17.7. The van der Waals surface area contributed by atoms with Crippen molar-refractivity contribution in [3.05, 3.63) is 64.2 Å². The van der Waals surface area contributed by atoms with Crippen molar-refractivity contribution in [1.29, 1.82) is 0 Å². The van der Waals surface area contributed by atoms with Crippen LogP contribution < -0.4 is 4.18 Å². The fraction of sp³-hybridized carbons (Fsp3) is 0.133. The second kappa shape index (κ2) is 7.09. The van der Waals surface area contributed by atoms with Gasteiger partial charge < -0.3 is 8.92 Å². The minimum absolute atomic E-state index is 0.0316. The van der Waals surface area contributed by atoms with Crippen molar-refractivity contribution in [1.82, 2.24) is 0 Å². The van der Waals surface area contributed by atoms with Gasteiger partial charge in [-0.25, -0.2) is 4.79 Å². The Labute approximate surface area is 137 Å². The molecule has 0 saturated carbocycles. The molecule has 0 heterocycles. The summed E-state index contributed by atoms with van der Waals surface area (Å²) in [6.07, 6.45) is 0. The number of nitrogens with zero attached hydrogens (tertiary/aromatic N) is 1. The molecular weight excluding hydrogens is 338 g/mol. The number of nitro benzene ring substituents is 1. The van der Waals surface area contributed by atoms with Gasteiger partial charge in [0.2, 0.25) is 5.75 Å². The molecule has 0 atom stereocenters. The number of ether oxygens (including phenoxy) is 1. The summed E-state index contributed by atoms with van der Waals surface area (Å²) in [5.74, 6) is -1.09. The number of benzene rings is 2. The Bertz CT molecular complexity index is 877. The molecule has 126 valence electrons. The standard InChI is InChI=1S/C15H13NO7S/c1-2-22-15(17)11-6-5-7-12(10-11)24(20,21)23-14-9-4-3-8-13(14)16(18)19/h3-10H,2H2,1H3. The molecule has 9 heteroatoms. The summed E-state index contributed by atoms with van der Waals surface area (Å²) in [6.45, 7) is 1.76. The topological polar surface area (TPSA) is 113 Å². The summed E-state index contributed by atoms with van der Waals surface area (Å²) in [5.41, 5.74) is -0.452. The highest BCUT2D eigenvalue weighted by Crippen LogP contribution is 2.29. The van der Waals surface area contributed by atoms with Gasteiger partial charge in [0, 0.05) is 6.07 Å². The van der Waals surface area contributed by atoms with Crippen LogP contribution in [0.15, 0.2) is 53.4 Å². The fourth-order valence-corrected chi connectivity index (χ4v) is 2.83. The maximum atomic E-state index is 12.3. The van der Waals surface area contributed by atoms with Gasteiger partial charge in [0.05, 0.1) is 17.1 Å². The number of carbonyl (C=O) groups is 1. The van der Waals surface area contributed by atoms with Gasteiger partial charge in [-0.15, -0.1) is 0 Å². The van der Waals surface area contributed by atoms with Crippen molar-refractivity contribution in [2.45, 2.75) is 11.8 Å². The van der Waals surface area contributed by atoms with E-state index in [-0.39, 0.29) is 17.1 Å². The van der Waals surface area contributed by atoms with Gasteiger partial charge in [-0.1, -0.05) is 18.2 Å². The number of hydrogen-bond donors (Lipinski definition) is 0. The summed E-state index contributed by atoms with van der Waals surface area (Å²) in [6, 6.07) is 10.1. The van der Waals surface area contributed by atoms with Crippen molar-refractivity contribution in [2.75, 3.05) is 6.61 Å². The third kappa shape index (κ3) is 3.87. The fourth-order valence-electron chi connectivity index (χ4n) is 1.84. The molecule has 24 heavy (non-hydrogen) atoms. The lowest BCUT2D eigenvalue weighted by Gasteiger charge is -2.08. The minimum Gasteiger partial charge on any atom is -0.462 e. The van der Waals surface area contributed by atoms with Crippen molar-refractivity contribution in [3.63, 3.8) is 0 Å². The van der Waals surface area contributed by atoms with E-state index in [2.05, 4.69) is 0 Å². The quantitative estimate of drug-likeness (QED) is 0.340. The van der Waals surface area contributed by atoms with Gasteiger partial charge >= 0.3 is 21.8 Å². The smallest absolute Gasteiger partial charge is 0.339 e. The Morgan fingerprint density at radius 3 is 2.54 bits per heavy atom. The maximum Gasteiger partial charge on any atom is 0.339 e. The lowest BCUT2D eigenvalue weighted by molar-refractivity contribution is -0.385. The molecule has 0 aromatic heterocycles. The highest BCUT2D eigenvalue weighted by atomic mass is 32.2. The zero-order valence-electron chi connectivity index (χ0n) is 12.5. The highest BCUT2D eigenvalue weighted by Gasteiger charge is 2.23. The molecule has 0 radical (unpaired) electrons. The normalized spacial score (nSPS) is 10.9. The van der Waals surface area contributed by atoms with Gasteiger partial charge in [-0.3, -0.25) is 10.1 Å². The van der Waals surface area contributed by atoms with Gasteiger partial charge in [-0.05, 0) is 31.2 Å². The number of nitro groups is 1. The molecule has 0 N–H and O–H groups in total. The lowest BCUT2D eigenvalue weighted by atomic mass is 10.2. The molecule has 2 aromatic rings. The van der Waals surface area contributed by atoms with Gasteiger partial charge in [0.1, 0.15) is 4.90 Å². The molecule has 0 amide bonds. The van der Waals surface area contributed by atoms with E-state index >= 15 is 0 Å². The first-order valence-electron chi connectivity index (χ1n) is 6.80. The van der Waals surface area contributed by atoms with Crippen LogP contribution in [-0.4, -0.2) is 25.9 Å². The number of rotatable bonds is 6. The van der Waals surface area contributed by atoms with Crippen LogP contribution in [-0.2, 0) is 14.9 Å². The summed E-state index contributed by atoms with van der Waals surface area (Å²) in [5, 5.41) is 10.9. The third-order valence-corrected chi connectivity index (χ3v) is 4.13. The Kier molecular flexibility index (Phi) is 5.14. The summed E-state index contributed by atoms with van der Waals surface area (Å²) >= 11 is 0. The maximum absolute atomic E-state index is 12.3. The first-order valence-corrected chi connectivity index (χ1v) is 8.21. The molecule has 0 aliphatic heterocycles. The minimum atomic E-state index is -4.35. The molecular formula is C15H13NO7S.